The first kappa shape index (κ1) is 29.4. The molecule has 0 fully saturated rings. The van der Waals surface area contributed by atoms with E-state index < -0.39 is 0 Å². The van der Waals surface area contributed by atoms with Crippen molar-refractivity contribution in [1.29, 1.82) is 0 Å². The molecule has 0 amide bonds. The average Bonchev–Trinajstić information content (AvgIpc) is 3.22. The lowest BCUT2D eigenvalue weighted by Crippen LogP contribution is -2.23. The molecule has 0 aliphatic carbocycles. The molecule has 0 N–H and O–H groups in total. The second-order valence-electron chi connectivity index (χ2n) is 11.8. The zero-order valence-electron chi connectivity index (χ0n) is 25.4. The first-order valence-corrected chi connectivity index (χ1v) is 15.5. The van der Waals surface area contributed by atoms with Crippen LogP contribution in [-0.4, -0.2) is 35.1 Å². The molecule has 41 heavy (non-hydrogen) atoms. The van der Waals surface area contributed by atoms with Gasteiger partial charge in [-0.3, -0.25) is 0 Å². The molecule has 1 aliphatic heterocycles. The van der Waals surface area contributed by atoms with E-state index in [4.69, 9.17) is 16.3 Å². The first-order chi connectivity index (χ1) is 19.7. The van der Waals surface area contributed by atoms with Crippen LogP contribution >= 0.6 is 11.6 Å². The van der Waals surface area contributed by atoms with Crippen LogP contribution in [0.3, 0.4) is 0 Å². The highest BCUT2D eigenvalue weighted by Crippen LogP contribution is 2.40. The van der Waals surface area contributed by atoms with Crippen molar-refractivity contribution in [2.75, 3.05) is 20.2 Å². The predicted molar refractivity (Wildman–Crippen MR) is 172 cm³/mol. The van der Waals surface area contributed by atoms with E-state index in [0.717, 1.165) is 60.3 Å². The van der Waals surface area contributed by atoms with Crippen LogP contribution in [0.4, 0.5) is 4.39 Å². The summed E-state index contributed by atoms with van der Waals surface area (Å²) in [5, 5.41) is 3.93. The number of hydrogen-bond donors (Lipinski definition) is 0. The number of allylic oxidation sites excluding steroid dienone is 1. The van der Waals surface area contributed by atoms with Crippen molar-refractivity contribution in [2.24, 2.45) is 5.92 Å². The maximum absolute atomic E-state index is 13.7. The minimum absolute atomic E-state index is 0.229. The Morgan fingerprint density at radius 1 is 1.07 bits per heavy atom. The Balaban J connectivity index is 1.50. The monoisotopic (exact) mass is 573 g/mol. The minimum Gasteiger partial charge on any atom is -0.493 e. The Hall–Kier alpha value is -3.11. The van der Waals surface area contributed by atoms with Gasteiger partial charge in [0, 0.05) is 41.9 Å². The molecule has 216 valence electrons. The summed E-state index contributed by atoms with van der Waals surface area (Å²) in [5.74, 6) is 1.24. The van der Waals surface area contributed by atoms with Gasteiger partial charge in [-0.1, -0.05) is 55.6 Å². The van der Waals surface area contributed by atoms with E-state index in [-0.39, 0.29) is 5.82 Å². The van der Waals surface area contributed by atoms with Crippen LogP contribution in [0.25, 0.3) is 27.2 Å². The summed E-state index contributed by atoms with van der Waals surface area (Å²) in [4.78, 5) is 0. The highest BCUT2D eigenvalue weighted by Gasteiger charge is 2.28. The van der Waals surface area contributed by atoms with Gasteiger partial charge in [-0.25, -0.2) is 8.97 Å². The Morgan fingerprint density at radius 2 is 1.85 bits per heavy atom. The molecule has 3 aromatic carbocycles. The fraction of sp³-hybridized carbons (Fsp3) is 0.417. The molecule has 2 heterocycles. The van der Waals surface area contributed by atoms with Crippen LogP contribution in [0.2, 0.25) is 5.02 Å². The van der Waals surface area contributed by atoms with Crippen LogP contribution in [0.1, 0.15) is 70.2 Å². The average molecular weight is 574 g/mol. The minimum atomic E-state index is -0.229. The van der Waals surface area contributed by atoms with Gasteiger partial charge in [-0.2, -0.15) is 0 Å². The van der Waals surface area contributed by atoms with E-state index in [0.29, 0.717) is 12.5 Å². The maximum atomic E-state index is 13.7. The molecule has 0 radical (unpaired) electrons. The maximum Gasteiger partial charge on any atom is 0.180 e. The van der Waals surface area contributed by atoms with Gasteiger partial charge in [0.2, 0.25) is 0 Å². The van der Waals surface area contributed by atoms with Crippen LogP contribution < -0.4 is 4.74 Å². The van der Waals surface area contributed by atoms with Crippen LogP contribution in [0, 0.1) is 18.7 Å². The van der Waals surface area contributed by atoms with Crippen LogP contribution in [0.15, 0.2) is 54.1 Å². The lowest BCUT2D eigenvalue weighted by Gasteiger charge is -2.20. The number of fused-ring (bicyclic) bond motifs is 2. The van der Waals surface area contributed by atoms with Gasteiger partial charge < -0.3 is 9.30 Å². The summed E-state index contributed by atoms with van der Waals surface area (Å²) in [7, 11) is 2.18. The largest absolute Gasteiger partial charge is 0.493 e. The smallest absolute Gasteiger partial charge is 0.180 e. The van der Waals surface area contributed by atoms with E-state index in [1.54, 1.807) is 12.1 Å². The van der Waals surface area contributed by atoms with E-state index in [2.05, 4.69) is 62.9 Å². The molecular formula is C36H43ClFN2O+. The number of halogens is 2. The van der Waals surface area contributed by atoms with Gasteiger partial charge >= 0.3 is 0 Å². The molecule has 0 bridgehead atoms. The van der Waals surface area contributed by atoms with Gasteiger partial charge in [-0.15, -0.1) is 0 Å². The molecule has 1 aromatic heterocycles. The summed E-state index contributed by atoms with van der Waals surface area (Å²) in [6.45, 7) is 14.0. The Labute approximate surface area is 249 Å². The Kier molecular flexibility index (Phi) is 8.89. The first-order valence-electron chi connectivity index (χ1n) is 15.1. The molecule has 0 saturated carbocycles. The van der Waals surface area contributed by atoms with Gasteiger partial charge in [-0.05, 0) is 80.3 Å². The second kappa shape index (κ2) is 12.4. The molecule has 5 rings (SSSR count). The highest BCUT2D eigenvalue weighted by atomic mass is 35.5. The van der Waals surface area contributed by atoms with Crippen molar-refractivity contribution in [2.45, 2.75) is 73.3 Å². The lowest BCUT2D eigenvalue weighted by molar-refractivity contribution is -0.497. The Bertz CT molecular complexity index is 1660. The van der Waals surface area contributed by atoms with Gasteiger partial charge in [0.15, 0.2) is 5.71 Å². The van der Waals surface area contributed by atoms with Crippen molar-refractivity contribution < 1.29 is 13.7 Å². The predicted octanol–water partition coefficient (Wildman–Crippen LogP) is 9.62. The quantitative estimate of drug-likeness (QED) is 0.136. The van der Waals surface area contributed by atoms with Gasteiger partial charge in [0.1, 0.15) is 25.2 Å². The standard InChI is InChI=1S/C36H43ClFN2O/c1-7-23(2)17-20-40-25(4)29(11-9-21-41-33-12-8-10-27-22-28(38)13-14-30(27)33)31-15-16-32(37)35(36(31)40)34-24(3)18-19-39(6)26(34)5/h8,10,12-16,22-23H,7,9,11,17-21H2,1-6H3/q+1. The normalized spacial score (nSPS) is 14.9. The molecule has 3 nitrogen and oxygen atoms in total. The Morgan fingerprint density at radius 3 is 2.63 bits per heavy atom. The topological polar surface area (TPSA) is 17.2 Å². The molecule has 1 aliphatic rings. The number of nitrogens with zero attached hydrogens (tertiary/aromatic N) is 2. The molecular weight excluding hydrogens is 531 g/mol. The van der Waals surface area contributed by atoms with Crippen LogP contribution in [0.5, 0.6) is 5.75 Å². The summed E-state index contributed by atoms with van der Waals surface area (Å²) in [6, 6.07) is 15.0. The summed E-state index contributed by atoms with van der Waals surface area (Å²) >= 11 is 7.07. The van der Waals surface area contributed by atoms with Crippen molar-refractivity contribution in [3.05, 3.63) is 81.8 Å². The van der Waals surface area contributed by atoms with Crippen molar-refractivity contribution in [1.82, 2.24) is 4.57 Å². The number of hydrogen-bond acceptors (Lipinski definition) is 1. The lowest BCUT2D eigenvalue weighted by atomic mass is 9.90. The third-order valence-corrected chi connectivity index (χ3v) is 9.49. The summed E-state index contributed by atoms with van der Waals surface area (Å²) < 4.78 is 24.9. The van der Waals surface area contributed by atoms with E-state index in [1.165, 1.54) is 57.1 Å². The molecule has 4 aromatic rings. The number of aryl methyl sites for hydroxylation is 2. The highest BCUT2D eigenvalue weighted by molar-refractivity contribution is 6.37. The molecule has 1 unspecified atom stereocenters. The fourth-order valence-electron chi connectivity index (χ4n) is 6.31. The molecule has 0 spiro atoms. The molecule has 1 atom stereocenters. The number of ether oxygens (including phenoxy) is 1. The second-order valence-corrected chi connectivity index (χ2v) is 12.2. The van der Waals surface area contributed by atoms with E-state index in [1.807, 2.05) is 18.2 Å². The SMILES string of the molecule is CCC(C)CCn1c(C)c(CCCOc2cccc3cc(F)ccc23)c2ccc(Cl)c(C3=C(C)CC[N+](C)=C3C)c21. The zero-order chi connectivity index (χ0) is 29.3. The summed E-state index contributed by atoms with van der Waals surface area (Å²) in [5.41, 5.74) is 9.17. The van der Waals surface area contributed by atoms with Crippen molar-refractivity contribution >= 4 is 44.6 Å². The van der Waals surface area contributed by atoms with E-state index >= 15 is 0 Å². The van der Waals surface area contributed by atoms with Gasteiger partial charge in [0.05, 0.1) is 22.7 Å². The number of benzene rings is 3. The zero-order valence-corrected chi connectivity index (χ0v) is 26.2. The molecule has 5 heteroatoms. The van der Waals surface area contributed by atoms with E-state index in [9.17, 15) is 4.39 Å². The third-order valence-electron chi connectivity index (χ3n) is 9.17. The fourth-order valence-corrected chi connectivity index (χ4v) is 6.55. The molecule has 0 saturated heterocycles. The van der Waals surface area contributed by atoms with Gasteiger partial charge in [0.25, 0.3) is 0 Å². The van der Waals surface area contributed by atoms with Crippen molar-refractivity contribution in [3.8, 4) is 5.75 Å². The number of aromatic nitrogens is 1. The summed E-state index contributed by atoms with van der Waals surface area (Å²) in [6.07, 6.45) is 5.17. The van der Waals surface area contributed by atoms with Crippen LogP contribution in [-0.2, 0) is 13.0 Å². The third kappa shape index (κ3) is 5.81. The number of rotatable bonds is 10. The van der Waals surface area contributed by atoms with Crippen molar-refractivity contribution in [3.63, 3.8) is 0 Å².